The predicted molar refractivity (Wildman–Crippen MR) is 137 cm³/mol. The van der Waals surface area contributed by atoms with Gasteiger partial charge in [0.15, 0.2) is 0 Å². The second-order valence-corrected chi connectivity index (χ2v) is 9.60. The molecule has 194 valence electrons. The van der Waals surface area contributed by atoms with Gasteiger partial charge in [0.2, 0.25) is 5.91 Å². The van der Waals surface area contributed by atoms with Crippen molar-refractivity contribution in [3.05, 3.63) is 0 Å². The highest BCUT2D eigenvalue weighted by molar-refractivity contribution is 5.89. The zero-order chi connectivity index (χ0) is 24.6. The summed E-state index contributed by atoms with van der Waals surface area (Å²) >= 11 is 0. The van der Waals surface area contributed by atoms with Crippen LogP contribution in [0.2, 0.25) is 0 Å². The number of Topliss-reactive ketones (excluding diaryl/α,β-unsaturated/α-hetero) is 1. The second kappa shape index (κ2) is 23.8. The lowest BCUT2D eigenvalue weighted by atomic mass is 10.0. The van der Waals surface area contributed by atoms with Gasteiger partial charge in [0, 0.05) is 12.8 Å². The fraction of sp³-hybridized carbons (Fsp3) is 0.893. The van der Waals surface area contributed by atoms with E-state index in [1.54, 1.807) is 0 Å². The number of rotatable bonds is 24. The van der Waals surface area contributed by atoms with Crippen molar-refractivity contribution in [3.63, 3.8) is 0 Å². The van der Waals surface area contributed by atoms with Crippen LogP contribution < -0.4 is 5.32 Å². The summed E-state index contributed by atoms with van der Waals surface area (Å²) in [5.74, 6) is -0.767. The molecular weight excluding hydrogens is 414 g/mol. The van der Waals surface area contributed by atoms with E-state index in [9.17, 15) is 14.4 Å². The summed E-state index contributed by atoms with van der Waals surface area (Å²) in [6.45, 7) is 6.24. The molecule has 1 amide bonds. The lowest BCUT2D eigenvalue weighted by molar-refractivity contribution is -0.149. The zero-order valence-corrected chi connectivity index (χ0v) is 22.1. The van der Waals surface area contributed by atoms with Crippen LogP contribution in [0.3, 0.4) is 0 Å². The van der Waals surface area contributed by atoms with Gasteiger partial charge in [-0.15, -0.1) is 0 Å². The van der Waals surface area contributed by atoms with Crippen LogP contribution in [0.1, 0.15) is 149 Å². The zero-order valence-electron chi connectivity index (χ0n) is 22.1. The Hall–Kier alpha value is -1.39. The Morgan fingerprint density at radius 1 is 0.636 bits per heavy atom. The fourth-order valence-electron chi connectivity index (χ4n) is 4.03. The van der Waals surface area contributed by atoms with E-state index in [2.05, 4.69) is 19.2 Å². The van der Waals surface area contributed by atoms with Crippen LogP contribution in [0.15, 0.2) is 0 Å². The maximum absolute atomic E-state index is 12.4. The number of hydrogen-bond acceptors (Lipinski definition) is 4. The average molecular weight is 468 g/mol. The Kier molecular flexibility index (Phi) is 22.8. The molecule has 0 aliphatic rings. The number of ketones is 1. The minimum absolute atomic E-state index is 0.000152. The Morgan fingerprint density at radius 2 is 1.06 bits per heavy atom. The van der Waals surface area contributed by atoms with E-state index in [0.717, 1.165) is 38.5 Å². The van der Waals surface area contributed by atoms with Crippen molar-refractivity contribution in [1.29, 1.82) is 0 Å². The predicted octanol–water partition coefficient (Wildman–Crippen LogP) is 7.45. The molecule has 1 N–H and O–H groups in total. The molecule has 0 radical (unpaired) electrons. The summed E-state index contributed by atoms with van der Waals surface area (Å²) in [5.41, 5.74) is 0. The van der Waals surface area contributed by atoms with Crippen molar-refractivity contribution in [2.24, 2.45) is 0 Å². The number of nitrogens with one attached hydrogen (secondary N) is 1. The Balaban J connectivity index is 3.90. The first-order chi connectivity index (χ1) is 16.0. The summed E-state index contributed by atoms with van der Waals surface area (Å²) in [4.78, 5) is 36.2. The summed E-state index contributed by atoms with van der Waals surface area (Å²) in [7, 11) is 0. The van der Waals surface area contributed by atoms with E-state index in [1.807, 2.05) is 0 Å². The summed E-state index contributed by atoms with van der Waals surface area (Å²) in [6.07, 6.45) is 22.0. The van der Waals surface area contributed by atoms with Crippen LogP contribution in [0.25, 0.3) is 0 Å². The van der Waals surface area contributed by atoms with E-state index in [0.29, 0.717) is 13.0 Å². The molecular formula is C28H53NO4. The lowest BCUT2D eigenvalue weighted by Gasteiger charge is -2.16. The summed E-state index contributed by atoms with van der Waals surface area (Å²) in [5, 5.41) is 2.72. The van der Waals surface area contributed by atoms with E-state index >= 15 is 0 Å². The smallest absolute Gasteiger partial charge is 0.329 e. The highest BCUT2D eigenvalue weighted by Gasteiger charge is 2.23. The first-order valence-corrected chi connectivity index (χ1v) is 14.0. The Bertz CT molecular complexity index is 492. The van der Waals surface area contributed by atoms with E-state index in [4.69, 9.17) is 4.74 Å². The molecule has 0 saturated carbocycles. The van der Waals surface area contributed by atoms with Gasteiger partial charge >= 0.3 is 5.97 Å². The molecule has 0 saturated heterocycles. The fourth-order valence-corrected chi connectivity index (χ4v) is 4.03. The van der Waals surface area contributed by atoms with Crippen molar-refractivity contribution >= 4 is 17.7 Å². The summed E-state index contributed by atoms with van der Waals surface area (Å²) in [6, 6.07) is -0.854. The standard InChI is InChI=1S/C28H53NO4/c1-4-6-8-10-12-13-14-15-16-18-20-22-27(31)29-26(24-25(3)30)28(32)33-23-21-19-17-11-9-7-5-2/h26H,4-24H2,1-3H3,(H,29,31). The molecule has 0 aromatic carbocycles. The van der Waals surface area contributed by atoms with Gasteiger partial charge in [-0.3, -0.25) is 9.59 Å². The van der Waals surface area contributed by atoms with Gasteiger partial charge in [-0.2, -0.15) is 0 Å². The molecule has 1 unspecified atom stereocenters. The Labute approximate surface area is 204 Å². The molecule has 0 rings (SSSR count). The van der Waals surface area contributed by atoms with Crippen LogP contribution in [0, 0.1) is 0 Å². The third kappa shape index (κ3) is 22.2. The molecule has 0 bridgehead atoms. The maximum Gasteiger partial charge on any atom is 0.329 e. The number of amides is 1. The number of unbranched alkanes of at least 4 members (excludes halogenated alkanes) is 16. The molecule has 0 aromatic rings. The van der Waals surface area contributed by atoms with E-state index in [-0.39, 0.29) is 18.1 Å². The van der Waals surface area contributed by atoms with Gasteiger partial charge in [0.05, 0.1) is 6.61 Å². The molecule has 0 fully saturated rings. The van der Waals surface area contributed by atoms with Crippen molar-refractivity contribution < 1.29 is 19.1 Å². The normalized spacial score (nSPS) is 11.8. The number of ether oxygens (including phenoxy) is 1. The number of hydrogen-bond donors (Lipinski definition) is 1. The number of esters is 1. The van der Waals surface area contributed by atoms with Crippen molar-refractivity contribution in [2.45, 2.75) is 155 Å². The minimum atomic E-state index is -0.854. The van der Waals surface area contributed by atoms with Crippen LogP contribution in [0.4, 0.5) is 0 Å². The first kappa shape index (κ1) is 31.6. The largest absolute Gasteiger partial charge is 0.464 e. The molecule has 5 heteroatoms. The molecule has 0 aliphatic heterocycles. The molecule has 0 heterocycles. The lowest BCUT2D eigenvalue weighted by Crippen LogP contribution is -2.43. The maximum atomic E-state index is 12.4. The third-order valence-electron chi connectivity index (χ3n) is 6.11. The number of carbonyl (C=O) groups is 3. The van der Waals surface area contributed by atoms with Gasteiger partial charge < -0.3 is 10.1 Å². The van der Waals surface area contributed by atoms with Gasteiger partial charge in [0.1, 0.15) is 11.8 Å². The quantitative estimate of drug-likeness (QED) is 0.118. The van der Waals surface area contributed by atoms with Crippen molar-refractivity contribution in [3.8, 4) is 0 Å². The molecule has 0 aliphatic carbocycles. The van der Waals surface area contributed by atoms with Gasteiger partial charge in [-0.1, -0.05) is 117 Å². The Morgan fingerprint density at radius 3 is 1.52 bits per heavy atom. The van der Waals surface area contributed by atoms with Crippen LogP contribution in [-0.2, 0) is 19.1 Å². The SMILES string of the molecule is CCCCCCCCCCCCCC(=O)NC(CC(C)=O)C(=O)OCCCCCCCCC. The first-order valence-electron chi connectivity index (χ1n) is 14.0. The number of carbonyl (C=O) groups excluding carboxylic acids is 3. The van der Waals surface area contributed by atoms with Crippen LogP contribution in [-0.4, -0.2) is 30.3 Å². The highest BCUT2D eigenvalue weighted by Crippen LogP contribution is 2.12. The van der Waals surface area contributed by atoms with Crippen molar-refractivity contribution in [1.82, 2.24) is 5.32 Å². The molecule has 5 nitrogen and oxygen atoms in total. The molecule has 1 atom stereocenters. The van der Waals surface area contributed by atoms with Gasteiger partial charge in [-0.05, 0) is 19.8 Å². The average Bonchev–Trinajstić information content (AvgIpc) is 2.78. The minimum Gasteiger partial charge on any atom is -0.464 e. The van der Waals surface area contributed by atoms with E-state index in [1.165, 1.54) is 84.0 Å². The third-order valence-corrected chi connectivity index (χ3v) is 6.11. The van der Waals surface area contributed by atoms with Crippen LogP contribution in [0.5, 0.6) is 0 Å². The second-order valence-electron chi connectivity index (χ2n) is 9.60. The van der Waals surface area contributed by atoms with Crippen molar-refractivity contribution in [2.75, 3.05) is 6.61 Å². The molecule has 0 aromatic heterocycles. The highest BCUT2D eigenvalue weighted by atomic mass is 16.5. The van der Waals surface area contributed by atoms with E-state index < -0.39 is 12.0 Å². The molecule has 0 spiro atoms. The van der Waals surface area contributed by atoms with Gasteiger partial charge in [-0.25, -0.2) is 4.79 Å². The molecule has 33 heavy (non-hydrogen) atoms. The monoisotopic (exact) mass is 467 g/mol. The summed E-state index contributed by atoms with van der Waals surface area (Å²) < 4.78 is 5.34. The van der Waals surface area contributed by atoms with Gasteiger partial charge in [0.25, 0.3) is 0 Å². The van der Waals surface area contributed by atoms with Crippen LogP contribution >= 0.6 is 0 Å². The topological polar surface area (TPSA) is 72.5 Å².